The largest absolute Gasteiger partial charge is 0.377 e. The molecule has 4 rings (SSSR count). The molecule has 0 bridgehead atoms. The molecule has 2 aromatic rings. The van der Waals surface area contributed by atoms with Gasteiger partial charge < -0.3 is 14.5 Å². The summed E-state index contributed by atoms with van der Waals surface area (Å²) in [6.07, 6.45) is 5.42. The van der Waals surface area contributed by atoms with Crippen LogP contribution >= 0.6 is 0 Å². The molecule has 8 heteroatoms. The van der Waals surface area contributed by atoms with Crippen LogP contribution in [-0.4, -0.2) is 77.3 Å². The minimum absolute atomic E-state index is 0.453. The van der Waals surface area contributed by atoms with Crippen LogP contribution in [0.1, 0.15) is 5.82 Å². The fourth-order valence-corrected chi connectivity index (χ4v) is 3.38. The van der Waals surface area contributed by atoms with Crippen LogP contribution in [0.2, 0.25) is 0 Å². The van der Waals surface area contributed by atoms with E-state index in [2.05, 4.69) is 34.6 Å². The van der Waals surface area contributed by atoms with Gasteiger partial charge in [0.15, 0.2) is 5.82 Å². The van der Waals surface area contributed by atoms with E-state index in [9.17, 15) is 0 Å². The molecule has 0 aliphatic carbocycles. The molecule has 25 heavy (non-hydrogen) atoms. The summed E-state index contributed by atoms with van der Waals surface area (Å²) in [6.45, 7) is 6.55. The van der Waals surface area contributed by atoms with E-state index in [4.69, 9.17) is 4.74 Å². The fourth-order valence-electron chi connectivity index (χ4n) is 3.38. The Labute approximate surface area is 147 Å². The summed E-state index contributed by atoms with van der Waals surface area (Å²) in [5, 5.41) is 0. The fraction of sp³-hybridized carbons (Fsp3) is 0.529. The van der Waals surface area contributed by atoms with Gasteiger partial charge in [-0.1, -0.05) is 0 Å². The number of hydrogen-bond donors (Lipinski definition) is 0. The standard InChI is InChI=1S/C17H23N7O/c1-25-13-15-18-6-3-16(21-15)24-11-14(12-24)22-7-9-23(10-8-22)17-19-4-2-5-20-17/h2-6,14H,7-13H2,1H3. The Hall–Kier alpha value is -2.32. The molecule has 2 aliphatic heterocycles. The van der Waals surface area contributed by atoms with Crippen molar-refractivity contribution < 1.29 is 4.74 Å². The third kappa shape index (κ3) is 3.54. The van der Waals surface area contributed by atoms with Gasteiger partial charge in [0.1, 0.15) is 12.4 Å². The molecule has 2 aromatic heterocycles. The quantitative estimate of drug-likeness (QED) is 0.775. The Morgan fingerprint density at radius 2 is 1.76 bits per heavy atom. The van der Waals surface area contributed by atoms with Gasteiger partial charge in [-0.15, -0.1) is 0 Å². The minimum Gasteiger partial charge on any atom is -0.377 e. The predicted octanol–water partition coefficient (Wildman–Crippen LogP) is 0.424. The zero-order valence-corrected chi connectivity index (χ0v) is 14.5. The summed E-state index contributed by atoms with van der Waals surface area (Å²) in [5.41, 5.74) is 0. The maximum atomic E-state index is 5.11. The van der Waals surface area contributed by atoms with Crippen molar-refractivity contribution in [2.75, 3.05) is 56.2 Å². The second kappa shape index (κ2) is 7.28. The Morgan fingerprint density at radius 3 is 2.48 bits per heavy atom. The minimum atomic E-state index is 0.453. The zero-order chi connectivity index (χ0) is 17.1. The van der Waals surface area contributed by atoms with Crippen molar-refractivity contribution in [3.8, 4) is 0 Å². The number of methoxy groups -OCH3 is 1. The predicted molar refractivity (Wildman–Crippen MR) is 94.6 cm³/mol. The van der Waals surface area contributed by atoms with Crippen LogP contribution in [0.15, 0.2) is 30.7 Å². The molecule has 0 N–H and O–H groups in total. The molecule has 0 spiro atoms. The van der Waals surface area contributed by atoms with Crippen molar-refractivity contribution in [2.24, 2.45) is 0 Å². The van der Waals surface area contributed by atoms with E-state index in [1.807, 2.05) is 18.3 Å². The van der Waals surface area contributed by atoms with E-state index < -0.39 is 0 Å². The van der Waals surface area contributed by atoms with E-state index in [0.717, 1.165) is 56.9 Å². The highest BCUT2D eigenvalue weighted by molar-refractivity contribution is 5.42. The SMILES string of the molecule is COCc1nccc(N2CC(N3CCN(c4ncccn4)CC3)C2)n1. The van der Waals surface area contributed by atoms with Crippen LogP contribution in [0.5, 0.6) is 0 Å². The van der Waals surface area contributed by atoms with Gasteiger partial charge in [0.2, 0.25) is 5.95 Å². The van der Waals surface area contributed by atoms with Gasteiger partial charge in [0.05, 0.1) is 0 Å². The van der Waals surface area contributed by atoms with E-state index in [-0.39, 0.29) is 0 Å². The number of hydrogen-bond acceptors (Lipinski definition) is 8. The summed E-state index contributed by atoms with van der Waals surface area (Å²) in [5.74, 6) is 2.57. The van der Waals surface area contributed by atoms with Crippen molar-refractivity contribution >= 4 is 11.8 Å². The van der Waals surface area contributed by atoms with E-state index >= 15 is 0 Å². The number of anilines is 2. The molecule has 0 radical (unpaired) electrons. The number of ether oxygens (including phenoxy) is 1. The van der Waals surface area contributed by atoms with Crippen LogP contribution in [0, 0.1) is 0 Å². The van der Waals surface area contributed by atoms with Crippen molar-refractivity contribution in [2.45, 2.75) is 12.6 Å². The van der Waals surface area contributed by atoms with Crippen molar-refractivity contribution in [3.63, 3.8) is 0 Å². The van der Waals surface area contributed by atoms with E-state index in [1.54, 1.807) is 19.5 Å². The smallest absolute Gasteiger partial charge is 0.225 e. The highest BCUT2D eigenvalue weighted by Gasteiger charge is 2.34. The first-order valence-corrected chi connectivity index (χ1v) is 8.65. The average Bonchev–Trinajstić information content (AvgIpc) is 2.63. The molecule has 0 saturated carbocycles. The van der Waals surface area contributed by atoms with Crippen LogP contribution in [0.3, 0.4) is 0 Å². The van der Waals surface area contributed by atoms with Crippen LogP contribution < -0.4 is 9.80 Å². The average molecular weight is 341 g/mol. The summed E-state index contributed by atoms with van der Waals surface area (Å²) < 4.78 is 5.11. The molecule has 0 atom stereocenters. The molecular weight excluding hydrogens is 318 g/mol. The van der Waals surface area contributed by atoms with E-state index in [0.29, 0.717) is 12.6 Å². The molecule has 0 unspecified atom stereocenters. The monoisotopic (exact) mass is 341 g/mol. The second-order valence-corrected chi connectivity index (χ2v) is 6.39. The summed E-state index contributed by atoms with van der Waals surface area (Å²) >= 11 is 0. The third-order valence-corrected chi connectivity index (χ3v) is 4.82. The lowest BCUT2D eigenvalue weighted by Gasteiger charge is -2.48. The normalized spacial score (nSPS) is 19.1. The van der Waals surface area contributed by atoms with Crippen LogP contribution in [0.4, 0.5) is 11.8 Å². The van der Waals surface area contributed by atoms with Crippen LogP contribution in [0.25, 0.3) is 0 Å². The Kier molecular flexibility index (Phi) is 4.71. The second-order valence-electron chi connectivity index (χ2n) is 6.39. The Balaban J connectivity index is 1.28. The van der Waals surface area contributed by atoms with Gasteiger partial charge in [0, 0.05) is 71.0 Å². The highest BCUT2D eigenvalue weighted by atomic mass is 16.5. The lowest BCUT2D eigenvalue weighted by Crippen LogP contribution is -2.63. The number of rotatable bonds is 5. The first kappa shape index (κ1) is 16.2. The van der Waals surface area contributed by atoms with E-state index in [1.165, 1.54) is 0 Å². The van der Waals surface area contributed by atoms with Crippen molar-refractivity contribution in [3.05, 3.63) is 36.5 Å². The van der Waals surface area contributed by atoms with Gasteiger partial charge in [-0.3, -0.25) is 4.90 Å². The van der Waals surface area contributed by atoms with Crippen molar-refractivity contribution in [1.82, 2.24) is 24.8 Å². The molecular formula is C17H23N7O. The Bertz CT molecular complexity index is 684. The molecule has 4 heterocycles. The lowest BCUT2D eigenvalue weighted by molar-refractivity contribution is 0.155. The summed E-state index contributed by atoms with van der Waals surface area (Å²) in [4.78, 5) is 24.6. The molecule has 132 valence electrons. The van der Waals surface area contributed by atoms with Crippen LogP contribution in [-0.2, 0) is 11.3 Å². The molecule has 0 amide bonds. The first-order chi connectivity index (χ1) is 12.3. The maximum Gasteiger partial charge on any atom is 0.225 e. The third-order valence-electron chi connectivity index (χ3n) is 4.82. The number of aromatic nitrogens is 4. The molecule has 2 fully saturated rings. The summed E-state index contributed by atoms with van der Waals surface area (Å²) in [6, 6.07) is 4.42. The first-order valence-electron chi connectivity index (χ1n) is 8.65. The summed E-state index contributed by atoms with van der Waals surface area (Å²) in [7, 11) is 1.66. The molecule has 0 aromatic carbocycles. The zero-order valence-electron chi connectivity index (χ0n) is 14.5. The van der Waals surface area contributed by atoms with Gasteiger partial charge in [-0.05, 0) is 12.1 Å². The van der Waals surface area contributed by atoms with Gasteiger partial charge in [0.25, 0.3) is 0 Å². The van der Waals surface area contributed by atoms with Gasteiger partial charge in [-0.25, -0.2) is 19.9 Å². The Morgan fingerprint density at radius 1 is 1.00 bits per heavy atom. The maximum absolute atomic E-state index is 5.11. The lowest BCUT2D eigenvalue weighted by atomic mass is 10.1. The molecule has 8 nitrogen and oxygen atoms in total. The number of piperazine rings is 1. The number of nitrogens with zero attached hydrogens (tertiary/aromatic N) is 7. The van der Waals surface area contributed by atoms with Gasteiger partial charge in [-0.2, -0.15) is 0 Å². The highest BCUT2D eigenvalue weighted by Crippen LogP contribution is 2.23. The molecule has 2 saturated heterocycles. The van der Waals surface area contributed by atoms with Gasteiger partial charge >= 0.3 is 0 Å². The topological polar surface area (TPSA) is 70.5 Å². The molecule has 2 aliphatic rings. The van der Waals surface area contributed by atoms with Crippen molar-refractivity contribution in [1.29, 1.82) is 0 Å².